The molecule has 0 radical (unpaired) electrons. The molecule has 0 amide bonds. The summed E-state index contributed by atoms with van der Waals surface area (Å²) < 4.78 is 29.8. The molecule has 0 saturated carbocycles. The van der Waals surface area contributed by atoms with Crippen LogP contribution in [-0.4, -0.2) is 53.8 Å². The maximum absolute atomic E-state index is 14.9. The predicted molar refractivity (Wildman–Crippen MR) is 107 cm³/mol. The van der Waals surface area contributed by atoms with Crippen LogP contribution in [0.5, 0.6) is 0 Å². The van der Waals surface area contributed by atoms with Gasteiger partial charge in [0.05, 0.1) is 11.2 Å². The van der Waals surface area contributed by atoms with Crippen LogP contribution in [0.4, 0.5) is 14.5 Å². The van der Waals surface area contributed by atoms with Crippen molar-refractivity contribution in [1.82, 2.24) is 9.47 Å². The van der Waals surface area contributed by atoms with Crippen molar-refractivity contribution >= 4 is 22.6 Å². The summed E-state index contributed by atoms with van der Waals surface area (Å²) in [5.74, 6) is -2.43. The van der Waals surface area contributed by atoms with Crippen molar-refractivity contribution in [2.75, 3.05) is 38.1 Å². The third kappa shape index (κ3) is 3.88. The molecule has 1 saturated heterocycles. The number of carboxylic acid groups (broad SMARTS) is 1. The van der Waals surface area contributed by atoms with E-state index in [4.69, 9.17) is 0 Å². The number of benzene rings is 2. The first kappa shape index (κ1) is 21.7. The average molecular weight is 436 g/mol. The summed E-state index contributed by atoms with van der Waals surface area (Å²) in [6.07, 6.45) is 1.20. The van der Waals surface area contributed by atoms with Gasteiger partial charge in [0.15, 0.2) is 0 Å². The van der Waals surface area contributed by atoms with Gasteiger partial charge in [-0.15, -0.1) is 0 Å². The lowest BCUT2D eigenvalue weighted by Crippen LogP contribution is -3.00. The van der Waals surface area contributed by atoms with Gasteiger partial charge in [0.2, 0.25) is 5.43 Å². The third-order valence-corrected chi connectivity index (χ3v) is 5.25. The lowest BCUT2D eigenvalue weighted by atomic mass is 10.1. The van der Waals surface area contributed by atoms with Crippen molar-refractivity contribution in [2.24, 2.45) is 0 Å². The second-order valence-electron chi connectivity index (χ2n) is 7.13. The Morgan fingerprint density at radius 1 is 1.07 bits per heavy atom. The van der Waals surface area contributed by atoms with Gasteiger partial charge in [-0.2, -0.15) is 0 Å². The number of anilines is 1. The van der Waals surface area contributed by atoms with Gasteiger partial charge >= 0.3 is 7.40 Å². The molecule has 0 spiro atoms. The Morgan fingerprint density at radius 2 is 1.70 bits per heavy atom. The van der Waals surface area contributed by atoms with Gasteiger partial charge in [-0.1, -0.05) is 0 Å². The monoisotopic (exact) mass is 435 g/mol. The second-order valence-corrected chi connectivity index (χ2v) is 7.13. The highest BCUT2D eigenvalue weighted by atomic mass is 35.5. The van der Waals surface area contributed by atoms with Crippen molar-refractivity contribution in [3.05, 3.63) is 70.0 Å². The Labute approximate surface area is 178 Å². The third-order valence-electron chi connectivity index (χ3n) is 5.25. The fourth-order valence-electron chi connectivity index (χ4n) is 3.59. The van der Waals surface area contributed by atoms with Gasteiger partial charge in [-0.3, -0.25) is 4.79 Å². The van der Waals surface area contributed by atoms with Gasteiger partial charge in [-0.05, 0) is 43.4 Å². The molecule has 9 heteroatoms. The summed E-state index contributed by atoms with van der Waals surface area (Å²) in [7, 11) is 1.99. The molecule has 0 atom stereocenters. The quantitative estimate of drug-likeness (QED) is 0.619. The fourth-order valence-corrected chi connectivity index (χ4v) is 3.59. The predicted octanol–water partition coefficient (Wildman–Crippen LogP) is -0.165. The Bertz CT molecular complexity index is 1160. The number of aromatic carboxylic acids is 1. The van der Waals surface area contributed by atoms with Crippen LogP contribution < -0.4 is 22.7 Å². The highest BCUT2D eigenvalue weighted by molar-refractivity contribution is 5.94. The molecule has 0 aliphatic carbocycles. The van der Waals surface area contributed by atoms with E-state index in [0.29, 0.717) is 30.0 Å². The minimum atomic E-state index is -1.41. The topological polar surface area (TPSA) is 65.8 Å². The molecule has 1 aromatic heterocycles. The van der Waals surface area contributed by atoms with E-state index in [1.54, 1.807) is 6.07 Å². The number of nitrogens with zero attached hydrogens (tertiary/aromatic N) is 3. The van der Waals surface area contributed by atoms with E-state index in [1.807, 2.05) is 11.9 Å². The first-order valence-electron chi connectivity index (χ1n) is 9.17. The summed E-state index contributed by atoms with van der Waals surface area (Å²) in [4.78, 5) is 28.2. The van der Waals surface area contributed by atoms with Crippen LogP contribution in [-0.2, 0) is 0 Å². The number of rotatable bonds is 3. The van der Waals surface area contributed by atoms with Crippen molar-refractivity contribution in [1.29, 1.82) is 0 Å². The van der Waals surface area contributed by atoms with Crippen molar-refractivity contribution in [2.45, 2.75) is 0 Å². The molecule has 4 rings (SSSR count). The van der Waals surface area contributed by atoms with E-state index in [9.17, 15) is 23.5 Å². The van der Waals surface area contributed by atoms with E-state index in [1.165, 1.54) is 35.0 Å². The number of fused-ring (bicyclic) bond motifs is 1. The standard InChI is InChI=1S/C21H19F2N3O3.ClH/c1-24-6-8-25(9-7-24)19-11-18-15(10-17(19)23)20(27)16(21(28)29)12-26(18)14-4-2-13(22)3-5-14;/h2-5,10-12H,6-9H2,1H3,(H,28,29);1H. The second kappa shape index (κ2) is 8.41. The highest BCUT2D eigenvalue weighted by Gasteiger charge is 2.22. The summed E-state index contributed by atoms with van der Waals surface area (Å²) >= 11 is 0. The molecule has 1 aliphatic rings. The highest BCUT2D eigenvalue weighted by Crippen LogP contribution is 2.28. The van der Waals surface area contributed by atoms with E-state index in [0.717, 1.165) is 19.2 Å². The van der Waals surface area contributed by atoms with Crippen molar-refractivity contribution in [3.63, 3.8) is 0 Å². The minimum absolute atomic E-state index is 0. The summed E-state index contributed by atoms with van der Waals surface area (Å²) in [6.45, 7) is 2.82. The van der Waals surface area contributed by atoms with Crippen molar-refractivity contribution in [3.8, 4) is 5.69 Å². The summed E-state index contributed by atoms with van der Waals surface area (Å²) in [5.41, 5.74) is -0.0519. The number of carboxylic acids is 1. The van der Waals surface area contributed by atoms with Crippen LogP contribution in [0.2, 0.25) is 0 Å². The van der Waals surface area contributed by atoms with Crippen LogP contribution in [0, 0.1) is 11.6 Å². The molecule has 1 aliphatic heterocycles. The van der Waals surface area contributed by atoms with Crippen LogP contribution in [0.25, 0.3) is 16.6 Å². The van der Waals surface area contributed by atoms with E-state index in [-0.39, 0.29) is 19.2 Å². The number of hydrogen-bond acceptors (Lipinski definition) is 4. The molecule has 3 aromatic rings. The van der Waals surface area contributed by atoms with E-state index >= 15 is 0 Å². The van der Waals surface area contributed by atoms with Gasteiger partial charge in [0.1, 0.15) is 17.2 Å². The molecule has 30 heavy (non-hydrogen) atoms. The molecule has 6 nitrogen and oxygen atoms in total. The molecule has 2 aromatic carbocycles. The minimum Gasteiger partial charge on any atom is -1.00 e. The maximum Gasteiger partial charge on any atom is 1.00 e. The molecule has 0 unspecified atom stereocenters. The number of piperazine rings is 1. The molecule has 158 valence electrons. The number of halogens is 3. The fraction of sp³-hybridized carbons (Fsp3) is 0.238. The Morgan fingerprint density at radius 3 is 2.30 bits per heavy atom. The molecular weight excluding hydrogens is 416 g/mol. The zero-order valence-corrected chi connectivity index (χ0v) is 16.9. The Balaban J connectivity index is 0.00000171. The van der Waals surface area contributed by atoms with Gasteiger partial charge < -0.3 is 31.9 Å². The number of hydrogen-bond donors (Lipinski definition) is 1. The van der Waals surface area contributed by atoms with Crippen LogP contribution in [0.15, 0.2) is 47.4 Å². The SMILES string of the molecule is CN1CCN(c2cc3c(cc2F)c(=O)c(C(=O)O)cn3-c2ccc(F)cc2)CC1.[Cl-].[H+]. The molecule has 1 N–H and O–H groups in total. The largest absolute Gasteiger partial charge is 1.00 e. The first-order chi connectivity index (χ1) is 13.8. The lowest BCUT2D eigenvalue weighted by molar-refractivity contribution is -0.0000226. The number of carbonyl (C=O) groups is 1. The van der Waals surface area contributed by atoms with E-state index < -0.39 is 28.6 Å². The Hall–Kier alpha value is -2.97. The zero-order valence-electron chi connectivity index (χ0n) is 17.1. The maximum atomic E-state index is 14.9. The summed E-state index contributed by atoms with van der Waals surface area (Å²) in [5, 5.41) is 9.38. The average Bonchev–Trinajstić information content (AvgIpc) is 2.70. The number of likely N-dealkylation sites (N-methyl/N-ethyl adjacent to an activating group) is 1. The van der Waals surface area contributed by atoms with Crippen LogP contribution >= 0.6 is 0 Å². The Kier molecular flexibility index (Phi) is 6.09. The van der Waals surface area contributed by atoms with Gasteiger partial charge in [-0.25, -0.2) is 13.6 Å². The van der Waals surface area contributed by atoms with Crippen LogP contribution in [0.3, 0.4) is 0 Å². The van der Waals surface area contributed by atoms with Gasteiger partial charge in [0.25, 0.3) is 0 Å². The summed E-state index contributed by atoms with van der Waals surface area (Å²) in [6, 6.07) is 8.09. The van der Waals surface area contributed by atoms with Crippen LogP contribution in [0.1, 0.15) is 11.8 Å². The normalized spacial score (nSPS) is 14.6. The number of pyridine rings is 1. The van der Waals surface area contributed by atoms with Crippen molar-refractivity contribution < 1.29 is 32.5 Å². The molecule has 1 fully saturated rings. The zero-order chi connectivity index (χ0) is 20.7. The smallest absolute Gasteiger partial charge is 1.00 e. The molecule has 2 heterocycles. The molecule has 0 bridgehead atoms. The molecular formula is C21H20ClF2N3O3. The first-order valence-corrected chi connectivity index (χ1v) is 9.17. The van der Waals surface area contributed by atoms with Gasteiger partial charge in [0, 0.05) is 43.4 Å². The van der Waals surface area contributed by atoms with E-state index in [2.05, 4.69) is 4.90 Å². The lowest BCUT2D eigenvalue weighted by Gasteiger charge is -2.34. The number of aromatic nitrogens is 1.